The van der Waals surface area contributed by atoms with Crippen molar-refractivity contribution in [2.24, 2.45) is 17.6 Å². The van der Waals surface area contributed by atoms with E-state index < -0.39 is 0 Å². The van der Waals surface area contributed by atoms with E-state index in [1.54, 1.807) is 0 Å². The molecule has 3 N–H and O–H groups in total. The van der Waals surface area contributed by atoms with Crippen LogP contribution in [0.3, 0.4) is 0 Å². The Morgan fingerprint density at radius 1 is 1.38 bits per heavy atom. The number of hydrogen-bond acceptors (Lipinski definition) is 3. The van der Waals surface area contributed by atoms with Gasteiger partial charge in [-0.05, 0) is 37.5 Å². The highest BCUT2D eigenvalue weighted by Crippen LogP contribution is 2.22. The molecule has 4 nitrogen and oxygen atoms in total. The van der Waals surface area contributed by atoms with E-state index in [1.807, 2.05) is 13.8 Å². The zero-order chi connectivity index (χ0) is 12.0. The Hall–Kier alpha value is -0.770. The molecular weight excluding hydrogens is 204 g/mol. The fraction of sp³-hybridized carbons (Fsp3) is 0.917. The van der Waals surface area contributed by atoms with Gasteiger partial charge in [-0.3, -0.25) is 0 Å². The first-order valence-electron chi connectivity index (χ1n) is 6.24. The summed E-state index contributed by atoms with van der Waals surface area (Å²) in [5.74, 6) is 0.963. The van der Waals surface area contributed by atoms with Gasteiger partial charge in [0.05, 0.1) is 6.61 Å². The second-order valence-electron chi connectivity index (χ2n) is 5.15. The maximum absolute atomic E-state index is 11.3. The molecule has 0 atom stereocenters. The van der Waals surface area contributed by atoms with Crippen molar-refractivity contribution in [2.75, 3.05) is 13.2 Å². The van der Waals surface area contributed by atoms with Crippen molar-refractivity contribution in [3.05, 3.63) is 0 Å². The molecule has 0 radical (unpaired) electrons. The third-order valence-electron chi connectivity index (χ3n) is 2.97. The van der Waals surface area contributed by atoms with E-state index in [0.717, 1.165) is 32.2 Å². The Labute approximate surface area is 97.9 Å². The van der Waals surface area contributed by atoms with E-state index in [2.05, 4.69) is 5.32 Å². The summed E-state index contributed by atoms with van der Waals surface area (Å²) in [6, 6.07) is 0.365. The van der Waals surface area contributed by atoms with Crippen LogP contribution in [0.4, 0.5) is 4.79 Å². The molecule has 94 valence electrons. The summed E-state index contributed by atoms with van der Waals surface area (Å²) in [5, 5.41) is 2.82. The standard InChI is InChI=1S/C12H24N2O2/c1-9(2)8-16-12(15)14-7-10-3-5-11(13)6-4-10/h9-11H,3-8,13H2,1-2H3,(H,14,15). The third kappa shape index (κ3) is 5.35. The number of carbonyl (C=O) groups is 1. The maximum Gasteiger partial charge on any atom is 0.407 e. The van der Waals surface area contributed by atoms with Crippen LogP contribution in [0.25, 0.3) is 0 Å². The van der Waals surface area contributed by atoms with Gasteiger partial charge in [-0.25, -0.2) is 4.79 Å². The Bertz CT molecular complexity index is 211. The van der Waals surface area contributed by atoms with Gasteiger partial charge in [0.15, 0.2) is 0 Å². The molecule has 0 heterocycles. The predicted molar refractivity (Wildman–Crippen MR) is 64.1 cm³/mol. The number of nitrogens with one attached hydrogen (secondary N) is 1. The average Bonchev–Trinajstić information content (AvgIpc) is 2.25. The van der Waals surface area contributed by atoms with Crippen molar-refractivity contribution in [2.45, 2.75) is 45.6 Å². The van der Waals surface area contributed by atoms with E-state index in [0.29, 0.717) is 24.5 Å². The highest BCUT2D eigenvalue weighted by molar-refractivity contribution is 5.67. The Balaban J connectivity index is 2.07. The summed E-state index contributed by atoms with van der Waals surface area (Å²) >= 11 is 0. The first-order valence-corrected chi connectivity index (χ1v) is 6.24. The van der Waals surface area contributed by atoms with E-state index >= 15 is 0 Å². The molecule has 1 aliphatic rings. The summed E-state index contributed by atoms with van der Waals surface area (Å²) in [4.78, 5) is 11.3. The van der Waals surface area contributed by atoms with E-state index in [1.165, 1.54) is 0 Å². The molecule has 1 fully saturated rings. The van der Waals surface area contributed by atoms with Gasteiger partial charge >= 0.3 is 6.09 Å². The molecule has 1 saturated carbocycles. The minimum absolute atomic E-state index is 0.288. The monoisotopic (exact) mass is 228 g/mol. The van der Waals surface area contributed by atoms with Crippen LogP contribution in [0.5, 0.6) is 0 Å². The van der Waals surface area contributed by atoms with E-state index in [9.17, 15) is 4.79 Å². The molecule has 4 heteroatoms. The van der Waals surface area contributed by atoms with Gasteiger partial charge in [-0.15, -0.1) is 0 Å². The highest BCUT2D eigenvalue weighted by atomic mass is 16.5. The lowest BCUT2D eigenvalue weighted by Gasteiger charge is -2.25. The Morgan fingerprint density at radius 2 is 2.00 bits per heavy atom. The van der Waals surface area contributed by atoms with Gasteiger partial charge in [0.1, 0.15) is 0 Å². The second kappa shape index (κ2) is 6.74. The summed E-state index contributed by atoms with van der Waals surface area (Å²) in [6.45, 7) is 5.26. The second-order valence-corrected chi connectivity index (χ2v) is 5.15. The number of amides is 1. The normalized spacial score (nSPS) is 25.5. The minimum atomic E-state index is -0.288. The van der Waals surface area contributed by atoms with Crippen molar-refractivity contribution >= 4 is 6.09 Å². The fourth-order valence-electron chi connectivity index (χ4n) is 1.91. The number of nitrogens with two attached hydrogens (primary N) is 1. The van der Waals surface area contributed by atoms with Crippen LogP contribution in [0.1, 0.15) is 39.5 Å². The quantitative estimate of drug-likeness (QED) is 0.772. The van der Waals surface area contributed by atoms with Gasteiger partial charge < -0.3 is 15.8 Å². The van der Waals surface area contributed by atoms with Crippen molar-refractivity contribution in [3.8, 4) is 0 Å². The van der Waals surface area contributed by atoms with Crippen LogP contribution in [-0.4, -0.2) is 25.3 Å². The van der Waals surface area contributed by atoms with Gasteiger partial charge in [-0.1, -0.05) is 13.8 Å². The van der Waals surface area contributed by atoms with Gasteiger partial charge in [0.2, 0.25) is 0 Å². The first-order chi connectivity index (χ1) is 7.58. The van der Waals surface area contributed by atoms with Crippen molar-refractivity contribution in [1.82, 2.24) is 5.32 Å². The number of ether oxygens (including phenoxy) is 1. The summed E-state index contributed by atoms with van der Waals surface area (Å²) < 4.78 is 5.04. The smallest absolute Gasteiger partial charge is 0.407 e. The first kappa shape index (κ1) is 13.3. The molecule has 1 aliphatic carbocycles. The van der Waals surface area contributed by atoms with E-state index in [-0.39, 0.29) is 6.09 Å². The molecule has 0 aromatic rings. The summed E-state index contributed by atoms with van der Waals surface area (Å²) in [7, 11) is 0. The van der Waals surface area contributed by atoms with Crippen LogP contribution < -0.4 is 11.1 Å². The van der Waals surface area contributed by atoms with Crippen molar-refractivity contribution in [1.29, 1.82) is 0 Å². The van der Waals surface area contributed by atoms with Gasteiger partial charge in [0, 0.05) is 12.6 Å². The van der Waals surface area contributed by atoms with Crippen LogP contribution in [0.15, 0.2) is 0 Å². The molecule has 0 spiro atoms. The summed E-state index contributed by atoms with van der Waals surface area (Å²) in [6.07, 6.45) is 4.10. The fourth-order valence-corrected chi connectivity index (χ4v) is 1.91. The van der Waals surface area contributed by atoms with Crippen LogP contribution in [0, 0.1) is 11.8 Å². The molecule has 0 bridgehead atoms. The lowest BCUT2D eigenvalue weighted by Crippen LogP contribution is -2.34. The topological polar surface area (TPSA) is 64.3 Å². The number of rotatable bonds is 4. The lowest BCUT2D eigenvalue weighted by atomic mass is 9.86. The highest BCUT2D eigenvalue weighted by Gasteiger charge is 2.19. The third-order valence-corrected chi connectivity index (χ3v) is 2.97. The Kier molecular flexibility index (Phi) is 5.60. The molecular formula is C12H24N2O2. The molecule has 0 aliphatic heterocycles. The number of hydrogen-bond donors (Lipinski definition) is 2. The number of carbonyl (C=O) groups excluding carboxylic acids is 1. The lowest BCUT2D eigenvalue weighted by molar-refractivity contribution is 0.130. The van der Waals surface area contributed by atoms with Gasteiger partial charge in [0.25, 0.3) is 0 Å². The Morgan fingerprint density at radius 3 is 2.56 bits per heavy atom. The van der Waals surface area contributed by atoms with Gasteiger partial charge in [-0.2, -0.15) is 0 Å². The molecule has 0 saturated heterocycles. The van der Waals surface area contributed by atoms with Crippen LogP contribution in [0.2, 0.25) is 0 Å². The van der Waals surface area contributed by atoms with Crippen LogP contribution in [-0.2, 0) is 4.74 Å². The maximum atomic E-state index is 11.3. The molecule has 0 aromatic heterocycles. The van der Waals surface area contributed by atoms with Crippen LogP contribution >= 0.6 is 0 Å². The SMILES string of the molecule is CC(C)COC(=O)NCC1CCC(N)CC1. The van der Waals surface area contributed by atoms with Crippen molar-refractivity contribution in [3.63, 3.8) is 0 Å². The largest absolute Gasteiger partial charge is 0.449 e. The predicted octanol–water partition coefficient (Wildman–Crippen LogP) is 1.89. The summed E-state index contributed by atoms with van der Waals surface area (Å²) in [5.41, 5.74) is 5.82. The number of alkyl carbamates (subject to hydrolysis) is 1. The zero-order valence-corrected chi connectivity index (χ0v) is 10.4. The molecule has 1 rings (SSSR count). The van der Waals surface area contributed by atoms with Crippen molar-refractivity contribution < 1.29 is 9.53 Å². The molecule has 0 aromatic carbocycles. The van der Waals surface area contributed by atoms with E-state index in [4.69, 9.17) is 10.5 Å². The zero-order valence-electron chi connectivity index (χ0n) is 10.4. The molecule has 0 unspecified atom stereocenters. The molecule has 1 amide bonds. The average molecular weight is 228 g/mol. The minimum Gasteiger partial charge on any atom is -0.449 e. The molecule has 16 heavy (non-hydrogen) atoms.